The van der Waals surface area contributed by atoms with Gasteiger partial charge in [-0.1, -0.05) is 37.8 Å². The number of aliphatic imine (C=N–C) groups is 2. The molecule has 2 aromatic carbocycles. The lowest BCUT2D eigenvalue weighted by Crippen LogP contribution is -2.43. The molecule has 1 unspecified atom stereocenters. The van der Waals surface area contributed by atoms with Gasteiger partial charge in [0.2, 0.25) is 12.3 Å². The summed E-state index contributed by atoms with van der Waals surface area (Å²) in [6.45, 7) is 13.3. The van der Waals surface area contributed by atoms with E-state index in [9.17, 15) is 9.59 Å². The number of carbonyl (C=O) groups excluding carboxylic acids is 2. The van der Waals surface area contributed by atoms with Crippen LogP contribution in [0.5, 0.6) is 0 Å². The van der Waals surface area contributed by atoms with Crippen molar-refractivity contribution in [1.82, 2.24) is 30.0 Å². The van der Waals surface area contributed by atoms with Crippen molar-refractivity contribution in [2.24, 2.45) is 9.98 Å². The number of carbonyl (C=O) groups is 2. The zero-order chi connectivity index (χ0) is 33.2. The van der Waals surface area contributed by atoms with Gasteiger partial charge in [0.15, 0.2) is 5.84 Å². The van der Waals surface area contributed by atoms with Crippen LogP contribution in [0.3, 0.4) is 0 Å². The molecule has 1 atom stereocenters. The molecule has 0 aliphatic carbocycles. The number of nitrogens with zero attached hydrogens (tertiary/aromatic N) is 7. The van der Waals surface area contributed by atoms with Crippen LogP contribution in [-0.2, 0) is 16.0 Å². The number of amides is 2. The highest BCUT2D eigenvalue weighted by Gasteiger charge is 2.27. The molecular formula is C35H41N9O2S. The third kappa shape index (κ3) is 8.57. The number of piperidine rings is 1. The number of anilines is 1. The van der Waals surface area contributed by atoms with Gasteiger partial charge in [0.1, 0.15) is 11.5 Å². The van der Waals surface area contributed by atoms with Crippen molar-refractivity contribution in [3.05, 3.63) is 84.5 Å². The Kier molecular flexibility index (Phi) is 11.6. The van der Waals surface area contributed by atoms with Crippen molar-refractivity contribution in [3.63, 3.8) is 0 Å². The average molecular weight is 652 g/mol. The number of aromatic nitrogens is 4. The minimum atomic E-state index is 0.258. The Morgan fingerprint density at radius 2 is 1.91 bits per heavy atom. The Labute approximate surface area is 280 Å². The first-order valence-electron chi connectivity index (χ1n) is 15.9. The molecular weight excluding hydrogens is 611 g/mol. The Bertz CT molecular complexity index is 1730. The molecule has 47 heavy (non-hydrogen) atoms. The van der Waals surface area contributed by atoms with Crippen LogP contribution in [0.15, 0.2) is 77.5 Å². The van der Waals surface area contributed by atoms with Gasteiger partial charge in [0, 0.05) is 60.3 Å². The number of nitrogens with one attached hydrogen (secondary N) is 2. The summed E-state index contributed by atoms with van der Waals surface area (Å²) in [5, 5.41) is 11.2. The maximum atomic E-state index is 12.5. The third-order valence-electron chi connectivity index (χ3n) is 8.51. The summed E-state index contributed by atoms with van der Waals surface area (Å²) in [5.41, 5.74) is 5.39. The average Bonchev–Trinajstić information content (AvgIpc) is 3.73. The second-order valence-corrected chi connectivity index (χ2v) is 12.3. The van der Waals surface area contributed by atoms with Crippen LogP contribution >= 0.6 is 12.6 Å². The number of likely N-dealkylation sites (tertiary alicyclic amines) is 2. The third-order valence-corrected chi connectivity index (χ3v) is 8.93. The lowest BCUT2D eigenvalue weighted by atomic mass is 9.89. The summed E-state index contributed by atoms with van der Waals surface area (Å²) in [6, 6.07) is 15.7. The van der Waals surface area contributed by atoms with Gasteiger partial charge in [-0.15, -0.1) is 0 Å². The molecule has 0 spiro atoms. The van der Waals surface area contributed by atoms with Crippen molar-refractivity contribution >= 4 is 54.1 Å². The first kappa shape index (κ1) is 33.7. The number of thiol groups is 1. The zero-order valence-corrected chi connectivity index (χ0v) is 27.6. The number of amidine groups is 1. The fraction of sp³-hybridized carbons (Fsp3) is 0.343. The van der Waals surface area contributed by atoms with Gasteiger partial charge in [-0.2, -0.15) is 17.7 Å². The van der Waals surface area contributed by atoms with Crippen molar-refractivity contribution in [2.75, 3.05) is 38.0 Å². The summed E-state index contributed by atoms with van der Waals surface area (Å²) >= 11 is 4.50. The molecule has 4 aromatic rings. The topological polar surface area (TPSA) is 132 Å². The molecule has 2 saturated heterocycles. The van der Waals surface area contributed by atoms with E-state index in [-0.39, 0.29) is 5.91 Å². The van der Waals surface area contributed by atoms with Gasteiger partial charge in [0.05, 0.1) is 17.8 Å². The maximum Gasteiger partial charge on any atom is 0.236 e. The summed E-state index contributed by atoms with van der Waals surface area (Å²) in [4.78, 5) is 44.1. The monoisotopic (exact) mass is 651 g/mol. The Morgan fingerprint density at radius 1 is 1.13 bits per heavy atom. The van der Waals surface area contributed by atoms with Crippen LogP contribution < -0.4 is 5.32 Å². The SMILES string of the molecule is C=CN=C(N=C)c1ccc(C2CCN(C(=O)CN3CCC(S)C3)CC2)cc1.CCc1nccc(-c2n[nH]c3ccc(NC=O)cc23)n1. The summed E-state index contributed by atoms with van der Waals surface area (Å²) in [5.74, 6) is 2.12. The molecule has 12 heteroatoms. The number of aryl methyl sites for hydroxylation is 1. The molecule has 11 nitrogen and oxygen atoms in total. The van der Waals surface area contributed by atoms with E-state index >= 15 is 0 Å². The van der Waals surface area contributed by atoms with Crippen LogP contribution in [0.25, 0.3) is 22.3 Å². The lowest BCUT2D eigenvalue weighted by Gasteiger charge is -2.33. The largest absolute Gasteiger partial charge is 0.342 e. The van der Waals surface area contributed by atoms with Crippen molar-refractivity contribution < 1.29 is 9.59 Å². The number of fused-ring (bicyclic) bond motifs is 1. The molecule has 6 rings (SSSR count). The predicted molar refractivity (Wildman–Crippen MR) is 191 cm³/mol. The van der Waals surface area contributed by atoms with E-state index < -0.39 is 0 Å². The number of hydrogen-bond acceptors (Lipinski definition) is 8. The molecule has 2 fully saturated rings. The fourth-order valence-electron chi connectivity index (χ4n) is 5.98. The standard InChI is InChI=1S/C21H28N4OS.C14H13N5O/c1-3-23-21(22-2)18-6-4-16(5-7-18)17-8-12-25(13-9-17)20(26)15-24-11-10-19(27)14-24;1-2-13-15-6-5-12(17-13)14-10-7-9(16-8-20)3-4-11(10)18-19-14/h3-7,17,19,27H,1-2,8-15H2;3-8H,2H2,1H3,(H,16,20)(H,18,19). The van der Waals surface area contributed by atoms with Crippen LogP contribution in [0.4, 0.5) is 5.69 Å². The summed E-state index contributed by atoms with van der Waals surface area (Å²) < 4.78 is 0. The predicted octanol–water partition coefficient (Wildman–Crippen LogP) is 5.14. The summed E-state index contributed by atoms with van der Waals surface area (Å²) in [7, 11) is 0. The number of rotatable bonds is 9. The lowest BCUT2D eigenvalue weighted by molar-refractivity contribution is -0.133. The Balaban J connectivity index is 0.000000193. The zero-order valence-electron chi connectivity index (χ0n) is 26.7. The smallest absolute Gasteiger partial charge is 0.236 e. The number of hydrogen-bond donors (Lipinski definition) is 3. The Hall–Kier alpha value is -4.68. The normalized spacial score (nSPS) is 17.2. The second kappa shape index (κ2) is 16.2. The van der Waals surface area contributed by atoms with E-state index in [1.54, 1.807) is 6.20 Å². The van der Waals surface area contributed by atoms with Gasteiger partial charge in [0.25, 0.3) is 0 Å². The highest BCUT2D eigenvalue weighted by molar-refractivity contribution is 7.81. The molecule has 2 N–H and O–H groups in total. The fourth-order valence-corrected chi connectivity index (χ4v) is 6.32. The quantitative estimate of drug-likeness (QED) is 0.0995. The van der Waals surface area contributed by atoms with E-state index in [0.29, 0.717) is 30.0 Å². The highest BCUT2D eigenvalue weighted by Crippen LogP contribution is 2.29. The first-order valence-corrected chi connectivity index (χ1v) is 16.4. The van der Waals surface area contributed by atoms with Crippen LogP contribution in [0, 0.1) is 0 Å². The van der Waals surface area contributed by atoms with Crippen molar-refractivity contribution in [1.29, 1.82) is 0 Å². The van der Waals surface area contributed by atoms with Crippen molar-refractivity contribution in [3.8, 4) is 11.4 Å². The van der Waals surface area contributed by atoms with Gasteiger partial charge >= 0.3 is 0 Å². The maximum absolute atomic E-state index is 12.5. The van der Waals surface area contributed by atoms with Crippen molar-refractivity contribution in [2.45, 2.75) is 43.8 Å². The molecule has 0 radical (unpaired) electrons. The van der Waals surface area contributed by atoms with Gasteiger partial charge in [-0.25, -0.2) is 20.0 Å². The van der Waals surface area contributed by atoms with Gasteiger partial charge in [-0.3, -0.25) is 19.6 Å². The van der Waals surface area contributed by atoms with E-state index in [1.165, 1.54) is 11.8 Å². The van der Waals surface area contributed by atoms with E-state index in [2.05, 4.69) is 78.4 Å². The highest BCUT2D eigenvalue weighted by atomic mass is 32.1. The molecule has 4 heterocycles. The number of aromatic amines is 1. The molecule has 2 aromatic heterocycles. The van der Waals surface area contributed by atoms with E-state index in [1.807, 2.05) is 48.2 Å². The second-order valence-electron chi connectivity index (χ2n) is 11.6. The number of H-pyrrole nitrogens is 1. The molecule has 2 aliphatic heterocycles. The van der Waals surface area contributed by atoms with Gasteiger partial charge in [-0.05, 0) is 68.3 Å². The summed E-state index contributed by atoms with van der Waals surface area (Å²) in [6.07, 6.45) is 7.73. The first-order chi connectivity index (χ1) is 22.9. The molecule has 0 saturated carbocycles. The van der Waals surface area contributed by atoms with Crippen LogP contribution in [0.1, 0.15) is 49.1 Å². The van der Waals surface area contributed by atoms with Crippen LogP contribution in [0.2, 0.25) is 0 Å². The van der Waals surface area contributed by atoms with Gasteiger partial charge < -0.3 is 10.2 Å². The van der Waals surface area contributed by atoms with E-state index in [0.717, 1.165) is 91.2 Å². The van der Waals surface area contributed by atoms with E-state index in [4.69, 9.17) is 0 Å². The number of benzene rings is 2. The molecule has 0 bridgehead atoms. The molecule has 2 aliphatic rings. The minimum absolute atomic E-state index is 0.258. The molecule has 2 amide bonds. The minimum Gasteiger partial charge on any atom is -0.342 e. The van der Waals surface area contributed by atoms with Crippen LogP contribution in [-0.4, -0.2) is 92.8 Å². The molecule has 244 valence electrons. The Morgan fingerprint density at radius 3 is 2.57 bits per heavy atom.